The molecule has 0 bridgehead atoms. The summed E-state index contributed by atoms with van der Waals surface area (Å²) in [6.07, 6.45) is 0. The summed E-state index contributed by atoms with van der Waals surface area (Å²) in [4.78, 5) is 8.85. The molecule has 3 rings (SSSR count). The molecule has 2 aliphatic heterocycles. The van der Waals surface area contributed by atoms with Crippen LogP contribution in [0.25, 0.3) is 0 Å². The third-order valence-electron chi connectivity index (χ3n) is 4.69. The molecule has 1 N–H and O–H groups in total. The van der Waals surface area contributed by atoms with Gasteiger partial charge in [0.05, 0.1) is 21.7 Å². The number of hydrogen-bond donors (Lipinski definition) is 1. The normalized spacial score (nSPS) is 25.0. The first kappa shape index (κ1) is 15.4. The lowest BCUT2D eigenvalue weighted by Crippen LogP contribution is -2.51. The van der Waals surface area contributed by atoms with E-state index in [1.807, 2.05) is 11.3 Å². The van der Waals surface area contributed by atoms with Crippen molar-refractivity contribution >= 4 is 11.3 Å². The Balaban J connectivity index is 1.98. The van der Waals surface area contributed by atoms with Crippen LogP contribution in [0.5, 0.6) is 0 Å². The minimum absolute atomic E-state index is 0.0106. The molecule has 0 radical (unpaired) electrons. The van der Waals surface area contributed by atoms with Crippen LogP contribution >= 0.6 is 11.3 Å². The predicted octanol–water partition coefficient (Wildman–Crippen LogP) is 2.78. The first-order chi connectivity index (χ1) is 9.64. The van der Waals surface area contributed by atoms with Crippen LogP contribution in [0.2, 0.25) is 0 Å². The van der Waals surface area contributed by atoms with Gasteiger partial charge in [-0.3, -0.25) is 4.90 Å². The predicted molar refractivity (Wildman–Crippen MR) is 86.7 cm³/mol. The van der Waals surface area contributed by atoms with Crippen LogP contribution in [0, 0.1) is 0 Å². The summed E-state index contributed by atoms with van der Waals surface area (Å²) in [6, 6.07) is 0. The summed E-state index contributed by atoms with van der Waals surface area (Å²) >= 11 is 1.83. The monoisotopic (exact) mass is 309 g/mol. The molecule has 1 aromatic rings. The first-order valence-electron chi connectivity index (χ1n) is 7.83. The van der Waals surface area contributed by atoms with Gasteiger partial charge in [0.15, 0.2) is 0 Å². The fourth-order valence-electron chi connectivity index (χ4n) is 3.49. The number of rotatable bonds is 2. The first-order valence-corrected chi connectivity index (χ1v) is 8.64. The minimum Gasteiger partial charge on any atom is -0.358 e. The second kappa shape index (κ2) is 4.75. The van der Waals surface area contributed by atoms with Crippen LogP contribution in [0.4, 0.5) is 0 Å². The van der Waals surface area contributed by atoms with Gasteiger partial charge in [-0.1, -0.05) is 0 Å². The number of fused-ring (bicyclic) bond motifs is 1. The van der Waals surface area contributed by atoms with Gasteiger partial charge in [-0.15, -0.1) is 11.3 Å². The van der Waals surface area contributed by atoms with E-state index in [-0.39, 0.29) is 16.7 Å². The van der Waals surface area contributed by atoms with E-state index in [9.17, 15) is 0 Å². The standard InChI is InChI=1S/C16H27N3OS/c1-14(2,19-9-7-17-8-10-19)13-18-11-12(21-13)16(5,6)20-15(11,3)4/h17H,7-10H2,1-6H3. The summed E-state index contributed by atoms with van der Waals surface area (Å²) in [5.74, 6) is 0. The number of piperazine rings is 1. The van der Waals surface area contributed by atoms with Gasteiger partial charge in [0, 0.05) is 26.2 Å². The number of ether oxygens (including phenoxy) is 1. The average Bonchev–Trinajstić information content (AvgIpc) is 2.91. The van der Waals surface area contributed by atoms with E-state index in [0.29, 0.717) is 0 Å². The van der Waals surface area contributed by atoms with Crippen LogP contribution in [0.3, 0.4) is 0 Å². The molecular formula is C16H27N3OS. The smallest absolute Gasteiger partial charge is 0.113 e. The maximum Gasteiger partial charge on any atom is 0.113 e. The van der Waals surface area contributed by atoms with E-state index < -0.39 is 0 Å². The Morgan fingerprint density at radius 3 is 2.33 bits per heavy atom. The summed E-state index contributed by atoms with van der Waals surface area (Å²) in [5.41, 5.74) is 0.612. The molecule has 0 unspecified atom stereocenters. The third-order valence-corrected chi connectivity index (χ3v) is 6.36. The Morgan fingerprint density at radius 2 is 1.76 bits per heavy atom. The molecule has 0 spiro atoms. The highest BCUT2D eigenvalue weighted by molar-refractivity contribution is 7.12. The molecule has 0 atom stereocenters. The number of nitrogens with one attached hydrogen (secondary N) is 1. The SMILES string of the molecule is CC1(C)OC(C)(C)c2sc(C(C)(C)N3CCNCC3)nc21. The largest absolute Gasteiger partial charge is 0.358 e. The lowest BCUT2D eigenvalue weighted by Gasteiger charge is -2.40. The zero-order valence-corrected chi connectivity index (χ0v) is 14.9. The van der Waals surface area contributed by atoms with Crippen LogP contribution in [0.1, 0.15) is 57.1 Å². The lowest BCUT2D eigenvalue weighted by atomic mass is 10.0. The second-order valence-electron chi connectivity index (χ2n) is 7.62. The number of nitrogens with zero attached hydrogens (tertiary/aromatic N) is 2. The minimum atomic E-state index is -0.285. The molecule has 5 heteroatoms. The van der Waals surface area contributed by atoms with Crippen LogP contribution in [-0.4, -0.2) is 36.1 Å². The van der Waals surface area contributed by atoms with Gasteiger partial charge in [0.1, 0.15) is 10.6 Å². The van der Waals surface area contributed by atoms with Crippen molar-refractivity contribution in [2.75, 3.05) is 26.2 Å². The van der Waals surface area contributed by atoms with E-state index in [1.54, 1.807) is 0 Å². The molecule has 1 saturated heterocycles. The van der Waals surface area contributed by atoms with Crippen LogP contribution in [-0.2, 0) is 21.5 Å². The number of aromatic nitrogens is 1. The Kier molecular flexibility index (Phi) is 3.49. The molecule has 0 saturated carbocycles. The van der Waals surface area contributed by atoms with E-state index in [0.717, 1.165) is 31.9 Å². The molecule has 2 aliphatic rings. The van der Waals surface area contributed by atoms with Crippen molar-refractivity contribution in [3.63, 3.8) is 0 Å². The Hall–Kier alpha value is -0.490. The van der Waals surface area contributed by atoms with Gasteiger partial charge in [-0.25, -0.2) is 4.98 Å². The molecule has 21 heavy (non-hydrogen) atoms. The molecule has 118 valence electrons. The summed E-state index contributed by atoms with van der Waals surface area (Å²) in [5, 5.41) is 4.65. The highest BCUT2D eigenvalue weighted by Gasteiger charge is 2.48. The van der Waals surface area contributed by atoms with Crippen molar-refractivity contribution in [2.45, 2.75) is 58.3 Å². The van der Waals surface area contributed by atoms with E-state index >= 15 is 0 Å². The quantitative estimate of drug-likeness (QED) is 0.911. The van der Waals surface area contributed by atoms with E-state index in [1.165, 1.54) is 9.88 Å². The molecule has 1 fully saturated rings. The van der Waals surface area contributed by atoms with E-state index in [2.05, 4.69) is 51.8 Å². The summed E-state index contributed by atoms with van der Waals surface area (Å²) in [7, 11) is 0. The van der Waals surface area contributed by atoms with Crippen molar-refractivity contribution in [3.8, 4) is 0 Å². The molecule has 4 nitrogen and oxygen atoms in total. The lowest BCUT2D eigenvalue weighted by molar-refractivity contribution is -0.105. The van der Waals surface area contributed by atoms with Crippen molar-refractivity contribution in [2.24, 2.45) is 0 Å². The van der Waals surface area contributed by atoms with Crippen molar-refractivity contribution < 1.29 is 4.74 Å². The Morgan fingerprint density at radius 1 is 1.14 bits per heavy atom. The molecule has 0 aromatic carbocycles. The topological polar surface area (TPSA) is 37.4 Å². The highest BCUT2D eigenvalue weighted by Crippen LogP contribution is 2.50. The van der Waals surface area contributed by atoms with Gasteiger partial charge in [0.2, 0.25) is 0 Å². The Bertz CT molecular complexity index is 510. The zero-order chi connectivity index (χ0) is 15.5. The van der Waals surface area contributed by atoms with Gasteiger partial charge >= 0.3 is 0 Å². The highest BCUT2D eigenvalue weighted by atomic mass is 32.1. The van der Waals surface area contributed by atoms with Gasteiger partial charge < -0.3 is 10.1 Å². The maximum atomic E-state index is 6.18. The van der Waals surface area contributed by atoms with Crippen molar-refractivity contribution in [1.82, 2.24) is 15.2 Å². The fourth-order valence-corrected chi connectivity index (χ4v) is 4.87. The maximum absolute atomic E-state index is 6.18. The number of thiazole rings is 1. The molecule has 1 aromatic heterocycles. The molecular weight excluding hydrogens is 282 g/mol. The fraction of sp³-hybridized carbons (Fsp3) is 0.812. The number of hydrogen-bond acceptors (Lipinski definition) is 5. The molecule has 0 aliphatic carbocycles. The van der Waals surface area contributed by atoms with Crippen LogP contribution in [0.15, 0.2) is 0 Å². The van der Waals surface area contributed by atoms with Crippen molar-refractivity contribution in [1.29, 1.82) is 0 Å². The summed E-state index contributed by atoms with van der Waals surface area (Å²) < 4.78 is 6.18. The third kappa shape index (κ3) is 2.44. The van der Waals surface area contributed by atoms with Crippen molar-refractivity contribution in [3.05, 3.63) is 15.6 Å². The van der Waals surface area contributed by atoms with Gasteiger partial charge in [0.25, 0.3) is 0 Å². The molecule has 0 amide bonds. The second-order valence-corrected chi connectivity index (χ2v) is 8.61. The average molecular weight is 309 g/mol. The zero-order valence-electron chi connectivity index (χ0n) is 14.0. The van der Waals surface area contributed by atoms with Gasteiger partial charge in [-0.2, -0.15) is 0 Å². The molecule has 3 heterocycles. The van der Waals surface area contributed by atoms with Gasteiger partial charge in [-0.05, 0) is 41.5 Å². The van der Waals surface area contributed by atoms with Crippen LogP contribution < -0.4 is 5.32 Å². The van der Waals surface area contributed by atoms with E-state index in [4.69, 9.17) is 9.72 Å². The summed E-state index contributed by atoms with van der Waals surface area (Å²) in [6.45, 7) is 17.5. The Labute approximate surface area is 131 Å².